The summed E-state index contributed by atoms with van der Waals surface area (Å²) in [5.41, 5.74) is 9.70. The van der Waals surface area contributed by atoms with Crippen LogP contribution in [0.2, 0.25) is 0 Å². The minimum Gasteiger partial charge on any atom is -0.370 e. The molecule has 0 aromatic heterocycles. The maximum absolute atomic E-state index is 11.9. The number of rotatable bonds is 6. The number of hydrogen-bond donors (Lipinski definition) is 2. The predicted octanol–water partition coefficient (Wildman–Crippen LogP) is 2.78. The SMILES string of the molecule is CCN(CC)C(=O)CCN=C(N)Nc1ccc2c(c1)CCC2.I. The second-order valence-electron chi connectivity index (χ2n) is 5.55. The summed E-state index contributed by atoms with van der Waals surface area (Å²) in [6.07, 6.45) is 3.94. The maximum Gasteiger partial charge on any atom is 0.224 e. The van der Waals surface area contributed by atoms with E-state index >= 15 is 0 Å². The maximum atomic E-state index is 11.9. The first-order valence-electron chi connectivity index (χ1n) is 8.10. The highest BCUT2D eigenvalue weighted by atomic mass is 127. The molecule has 0 atom stereocenters. The Kier molecular flexibility index (Phi) is 8.36. The van der Waals surface area contributed by atoms with Crippen LogP contribution in [0.5, 0.6) is 0 Å². The molecule has 5 nitrogen and oxygen atoms in total. The molecule has 0 fully saturated rings. The van der Waals surface area contributed by atoms with E-state index in [0.717, 1.165) is 25.2 Å². The van der Waals surface area contributed by atoms with Gasteiger partial charge in [-0.3, -0.25) is 9.79 Å². The molecule has 0 saturated heterocycles. The zero-order chi connectivity index (χ0) is 15.9. The number of hydrogen-bond acceptors (Lipinski definition) is 2. The fourth-order valence-electron chi connectivity index (χ4n) is 2.84. The van der Waals surface area contributed by atoms with Crippen molar-refractivity contribution in [1.82, 2.24) is 4.90 Å². The van der Waals surface area contributed by atoms with E-state index in [-0.39, 0.29) is 29.9 Å². The van der Waals surface area contributed by atoms with Gasteiger partial charge < -0.3 is 16.0 Å². The minimum absolute atomic E-state index is 0. The number of nitrogens with zero attached hydrogens (tertiary/aromatic N) is 2. The molecular weight excluding hydrogens is 403 g/mol. The summed E-state index contributed by atoms with van der Waals surface area (Å²) in [7, 11) is 0. The van der Waals surface area contributed by atoms with Crippen molar-refractivity contribution < 1.29 is 4.79 Å². The van der Waals surface area contributed by atoms with Crippen molar-refractivity contribution >= 4 is 41.5 Å². The lowest BCUT2D eigenvalue weighted by Gasteiger charge is -2.17. The number of carbonyl (C=O) groups is 1. The Morgan fingerprint density at radius 2 is 1.96 bits per heavy atom. The van der Waals surface area contributed by atoms with Gasteiger partial charge in [-0.25, -0.2) is 0 Å². The monoisotopic (exact) mass is 430 g/mol. The van der Waals surface area contributed by atoms with Crippen LogP contribution in [-0.4, -0.2) is 36.4 Å². The summed E-state index contributed by atoms with van der Waals surface area (Å²) in [5, 5.41) is 3.11. The van der Waals surface area contributed by atoms with Gasteiger partial charge in [0.2, 0.25) is 5.91 Å². The Balaban J connectivity index is 0.00000264. The van der Waals surface area contributed by atoms with Crippen LogP contribution in [0.4, 0.5) is 5.69 Å². The van der Waals surface area contributed by atoms with Gasteiger partial charge in [-0.05, 0) is 56.4 Å². The molecule has 1 aromatic rings. The topological polar surface area (TPSA) is 70.7 Å². The molecule has 0 aliphatic heterocycles. The molecular formula is C17H27IN4O. The Bertz CT molecular complexity index is 556. The van der Waals surface area contributed by atoms with Gasteiger partial charge in [-0.2, -0.15) is 0 Å². The van der Waals surface area contributed by atoms with E-state index in [9.17, 15) is 4.79 Å². The zero-order valence-electron chi connectivity index (χ0n) is 14.0. The van der Waals surface area contributed by atoms with E-state index in [2.05, 4.69) is 22.4 Å². The van der Waals surface area contributed by atoms with Crippen molar-refractivity contribution in [1.29, 1.82) is 0 Å². The molecule has 6 heteroatoms. The first-order valence-corrected chi connectivity index (χ1v) is 8.10. The Labute approximate surface area is 155 Å². The number of halogens is 1. The van der Waals surface area contributed by atoms with Gasteiger partial charge in [-0.1, -0.05) is 6.07 Å². The van der Waals surface area contributed by atoms with E-state index in [1.54, 1.807) is 4.90 Å². The molecule has 1 amide bonds. The number of anilines is 1. The average Bonchev–Trinajstić information content (AvgIpc) is 2.96. The number of benzene rings is 1. The number of fused-ring (bicyclic) bond motifs is 1. The van der Waals surface area contributed by atoms with Gasteiger partial charge in [-0.15, -0.1) is 24.0 Å². The lowest BCUT2D eigenvalue weighted by atomic mass is 10.1. The normalized spacial score (nSPS) is 13.2. The molecule has 3 N–H and O–H groups in total. The first-order chi connectivity index (χ1) is 10.6. The summed E-state index contributed by atoms with van der Waals surface area (Å²) < 4.78 is 0. The molecule has 1 aromatic carbocycles. The molecule has 23 heavy (non-hydrogen) atoms. The van der Waals surface area contributed by atoms with E-state index in [1.807, 2.05) is 19.9 Å². The van der Waals surface area contributed by atoms with E-state index in [4.69, 9.17) is 5.73 Å². The van der Waals surface area contributed by atoms with E-state index in [1.165, 1.54) is 24.0 Å². The van der Waals surface area contributed by atoms with Crippen molar-refractivity contribution in [2.75, 3.05) is 25.0 Å². The number of amides is 1. The summed E-state index contributed by atoms with van der Waals surface area (Å²) in [4.78, 5) is 17.9. The van der Waals surface area contributed by atoms with Crippen molar-refractivity contribution in [2.45, 2.75) is 39.5 Å². The van der Waals surface area contributed by atoms with Gasteiger partial charge in [0.15, 0.2) is 5.96 Å². The summed E-state index contributed by atoms with van der Waals surface area (Å²) >= 11 is 0. The van der Waals surface area contributed by atoms with Crippen LogP contribution in [-0.2, 0) is 17.6 Å². The molecule has 2 rings (SSSR count). The fraction of sp³-hybridized carbons (Fsp3) is 0.529. The number of carbonyl (C=O) groups excluding carboxylic acids is 1. The van der Waals surface area contributed by atoms with E-state index in [0.29, 0.717) is 18.9 Å². The number of guanidine groups is 1. The molecule has 0 radical (unpaired) electrons. The highest BCUT2D eigenvalue weighted by Gasteiger charge is 2.11. The van der Waals surface area contributed by atoms with Gasteiger partial charge >= 0.3 is 0 Å². The Morgan fingerprint density at radius 3 is 2.65 bits per heavy atom. The van der Waals surface area contributed by atoms with Gasteiger partial charge in [0.1, 0.15) is 0 Å². The van der Waals surface area contributed by atoms with Gasteiger partial charge in [0.25, 0.3) is 0 Å². The summed E-state index contributed by atoms with van der Waals surface area (Å²) in [6.45, 7) is 5.85. The third-order valence-electron chi connectivity index (χ3n) is 4.09. The van der Waals surface area contributed by atoms with E-state index < -0.39 is 0 Å². The number of aliphatic imine (C=N–C) groups is 1. The third-order valence-corrected chi connectivity index (χ3v) is 4.09. The van der Waals surface area contributed by atoms with Gasteiger partial charge in [0.05, 0.1) is 6.54 Å². The lowest BCUT2D eigenvalue weighted by molar-refractivity contribution is -0.130. The number of nitrogens with one attached hydrogen (secondary N) is 1. The number of aryl methyl sites for hydroxylation is 2. The largest absolute Gasteiger partial charge is 0.370 e. The standard InChI is InChI=1S/C17H26N4O.HI/c1-3-21(4-2)16(22)10-11-19-17(18)20-15-9-8-13-6-5-7-14(13)12-15;/h8-9,12H,3-7,10-11H2,1-2H3,(H3,18,19,20);1H. The minimum atomic E-state index is 0. The molecule has 0 heterocycles. The van der Waals surface area contributed by atoms with Crippen LogP contribution in [0, 0.1) is 0 Å². The first kappa shape index (κ1) is 19.7. The van der Waals surface area contributed by atoms with Crippen LogP contribution in [0.25, 0.3) is 0 Å². The van der Waals surface area contributed by atoms with Crippen molar-refractivity contribution in [3.8, 4) is 0 Å². The highest BCUT2D eigenvalue weighted by molar-refractivity contribution is 14.0. The molecule has 1 aliphatic rings. The summed E-state index contributed by atoms with van der Waals surface area (Å²) in [5.74, 6) is 0.490. The average molecular weight is 430 g/mol. The van der Waals surface area contributed by atoms with Crippen LogP contribution >= 0.6 is 24.0 Å². The van der Waals surface area contributed by atoms with Crippen LogP contribution in [0.1, 0.15) is 37.8 Å². The molecule has 0 bridgehead atoms. The highest BCUT2D eigenvalue weighted by Crippen LogP contribution is 2.24. The molecule has 0 spiro atoms. The fourth-order valence-corrected chi connectivity index (χ4v) is 2.84. The second kappa shape index (κ2) is 9.75. The predicted molar refractivity (Wildman–Crippen MR) is 107 cm³/mol. The van der Waals surface area contributed by atoms with Crippen molar-refractivity contribution in [2.24, 2.45) is 10.7 Å². The lowest BCUT2D eigenvalue weighted by Crippen LogP contribution is -2.31. The van der Waals surface area contributed by atoms with Crippen LogP contribution in [0.15, 0.2) is 23.2 Å². The Morgan fingerprint density at radius 1 is 1.26 bits per heavy atom. The molecule has 128 valence electrons. The smallest absolute Gasteiger partial charge is 0.224 e. The molecule has 0 unspecified atom stereocenters. The molecule has 1 aliphatic carbocycles. The number of nitrogens with two attached hydrogens (primary N) is 1. The van der Waals surface area contributed by atoms with Gasteiger partial charge in [0, 0.05) is 25.2 Å². The zero-order valence-corrected chi connectivity index (χ0v) is 16.3. The molecule has 0 saturated carbocycles. The van der Waals surface area contributed by atoms with Crippen LogP contribution in [0.3, 0.4) is 0 Å². The Hall–Kier alpha value is -1.31. The van der Waals surface area contributed by atoms with Crippen molar-refractivity contribution in [3.05, 3.63) is 29.3 Å². The van der Waals surface area contributed by atoms with Crippen molar-refractivity contribution in [3.63, 3.8) is 0 Å². The summed E-state index contributed by atoms with van der Waals surface area (Å²) in [6, 6.07) is 6.33. The third kappa shape index (κ3) is 5.67. The van der Waals surface area contributed by atoms with Crippen LogP contribution < -0.4 is 11.1 Å². The second-order valence-corrected chi connectivity index (χ2v) is 5.55. The quantitative estimate of drug-likeness (QED) is 0.414.